The molecule has 0 radical (unpaired) electrons. The summed E-state index contributed by atoms with van der Waals surface area (Å²) in [6.45, 7) is 2.02. The molecule has 2 rings (SSSR count). The van der Waals surface area contributed by atoms with Gasteiger partial charge in [-0.3, -0.25) is 0 Å². The van der Waals surface area contributed by atoms with Crippen LogP contribution in [0.4, 0.5) is 0 Å². The minimum atomic E-state index is 0.860. The standard InChI is InChI=1S/C11H11NS2/c1-8-4-5-9(11(13)12-8)7-10-3-2-6-14-10/h2-6H,7H2,1H3,(H,12,13). The van der Waals surface area contributed by atoms with E-state index in [1.165, 1.54) is 10.4 Å². The number of hydrogen-bond donors (Lipinski definition) is 1. The molecule has 0 saturated heterocycles. The van der Waals surface area contributed by atoms with Gasteiger partial charge in [-0.2, -0.15) is 0 Å². The highest BCUT2D eigenvalue weighted by molar-refractivity contribution is 7.71. The molecule has 2 heterocycles. The molecule has 0 amide bonds. The Labute approximate surface area is 92.4 Å². The number of H-pyrrole nitrogens is 1. The normalized spacial score (nSPS) is 10.4. The molecule has 1 N–H and O–H groups in total. The zero-order valence-corrected chi connectivity index (χ0v) is 9.54. The van der Waals surface area contributed by atoms with Gasteiger partial charge >= 0.3 is 0 Å². The maximum atomic E-state index is 5.26. The van der Waals surface area contributed by atoms with Gasteiger partial charge in [0.15, 0.2) is 0 Å². The Balaban J connectivity index is 2.30. The van der Waals surface area contributed by atoms with Crippen molar-refractivity contribution in [3.05, 3.63) is 50.4 Å². The van der Waals surface area contributed by atoms with Crippen LogP contribution in [0.3, 0.4) is 0 Å². The molecular formula is C11H11NS2. The molecule has 1 nitrogen and oxygen atoms in total. The first-order valence-corrected chi connectivity index (χ1v) is 5.75. The number of nitrogens with one attached hydrogen (secondary N) is 1. The van der Waals surface area contributed by atoms with Crippen molar-refractivity contribution in [2.75, 3.05) is 0 Å². The lowest BCUT2D eigenvalue weighted by Gasteiger charge is -2.00. The molecule has 0 unspecified atom stereocenters. The Kier molecular flexibility index (Phi) is 2.79. The summed E-state index contributed by atoms with van der Waals surface area (Å²) in [4.78, 5) is 4.53. The topological polar surface area (TPSA) is 15.8 Å². The zero-order valence-electron chi connectivity index (χ0n) is 7.91. The SMILES string of the molecule is Cc1ccc(Cc2cccs2)c(=S)[nH]1. The highest BCUT2D eigenvalue weighted by atomic mass is 32.1. The monoisotopic (exact) mass is 221 g/mol. The number of rotatable bonds is 2. The molecule has 0 spiro atoms. The van der Waals surface area contributed by atoms with Crippen molar-refractivity contribution < 1.29 is 0 Å². The summed E-state index contributed by atoms with van der Waals surface area (Å²) in [7, 11) is 0. The van der Waals surface area contributed by atoms with Gasteiger partial charge in [0.05, 0.1) is 0 Å². The van der Waals surface area contributed by atoms with Crippen LogP contribution >= 0.6 is 23.6 Å². The molecule has 2 aromatic heterocycles. The van der Waals surface area contributed by atoms with Crippen molar-refractivity contribution in [1.82, 2.24) is 4.98 Å². The van der Waals surface area contributed by atoms with E-state index in [1.807, 2.05) is 6.92 Å². The van der Waals surface area contributed by atoms with Crippen LogP contribution in [0, 0.1) is 11.6 Å². The van der Waals surface area contributed by atoms with E-state index < -0.39 is 0 Å². The third kappa shape index (κ3) is 2.11. The van der Waals surface area contributed by atoms with Gasteiger partial charge in [-0.05, 0) is 30.0 Å². The van der Waals surface area contributed by atoms with Crippen LogP contribution in [0.15, 0.2) is 29.6 Å². The van der Waals surface area contributed by atoms with Crippen LogP contribution in [-0.4, -0.2) is 4.98 Å². The number of aromatic amines is 1. The fourth-order valence-corrected chi connectivity index (χ4v) is 2.37. The van der Waals surface area contributed by atoms with Crippen molar-refractivity contribution in [3.8, 4) is 0 Å². The van der Waals surface area contributed by atoms with E-state index in [0.717, 1.165) is 16.8 Å². The summed E-state index contributed by atoms with van der Waals surface area (Å²) in [6, 6.07) is 8.38. The molecule has 0 atom stereocenters. The molecule has 0 bridgehead atoms. The predicted octanol–water partition coefficient (Wildman–Crippen LogP) is 3.70. The molecule has 3 heteroatoms. The molecule has 14 heavy (non-hydrogen) atoms. The number of thiophene rings is 1. The Morgan fingerprint density at radius 3 is 2.86 bits per heavy atom. The fraction of sp³-hybridized carbons (Fsp3) is 0.182. The van der Waals surface area contributed by atoms with Gasteiger partial charge in [0, 0.05) is 17.0 Å². The highest BCUT2D eigenvalue weighted by Crippen LogP contribution is 2.15. The molecule has 2 aromatic rings. The second-order valence-corrected chi connectivity index (χ2v) is 4.69. The van der Waals surface area contributed by atoms with E-state index in [1.54, 1.807) is 11.3 Å². The minimum Gasteiger partial charge on any atom is -0.350 e. The zero-order chi connectivity index (χ0) is 9.97. The van der Waals surface area contributed by atoms with E-state index >= 15 is 0 Å². The third-order valence-corrected chi connectivity index (χ3v) is 3.32. The van der Waals surface area contributed by atoms with Crippen LogP contribution in [0.5, 0.6) is 0 Å². The number of hydrogen-bond acceptors (Lipinski definition) is 2. The minimum absolute atomic E-state index is 0.860. The van der Waals surface area contributed by atoms with E-state index in [2.05, 4.69) is 34.6 Å². The van der Waals surface area contributed by atoms with Crippen LogP contribution in [0.25, 0.3) is 0 Å². The van der Waals surface area contributed by atoms with Crippen molar-refractivity contribution in [2.45, 2.75) is 13.3 Å². The summed E-state index contributed by atoms with van der Waals surface area (Å²) in [6.07, 6.45) is 0.938. The molecule has 0 aliphatic rings. The quantitative estimate of drug-likeness (QED) is 0.764. The fourth-order valence-electron chi connectivity index (χ4n) is 1.34. The Hall–Kier alpha value is -0.930. The van der Waals surface area contributed by atoms with Gasteiger partial charge < -0.3 is 4.98 Å². The Bertz CT molecular complexity index is 468. The lowest BCUT2D eigenvalue weighted by atomic mass is 10.2. The van der Waals surface area contributed by atoms with Crippen molar-refractivity contribution in [3.63, 3.8) is 0 Å². The van der Waals surface area contributed by atoms with Gasteiger partial charge in [-0.15, -0.1) is 11.3 Å². The van der Waals surface area contributed by atoms with E-state index in [-0.39, 0.29) is 0 Å². The first-order chi connectivity index (χ1) is 6.75. The maximum absolute atomic E-state index is 5.26. The van der Waals surface area contributed by atoms with Crippen molar-refractivity contribution >= 4 is 23.6 Å². The van der Waals surface area contributed by atoms with Gasteiger partial charge in [-0.1, -0.05) is 24.4 Å². The van der Waals surface area contributed by atoms with Crippen molar-refractivity contribution in [1.29, 1.82) is 0 Å². The first kappa shape index (κ1) is 9.62. The Morgan fingerprint density at radius 1 is 1.36 bits per heavy atom. The van der Waals surface area contributed by atoms with Gasteiger partial charge in [0.2, 0.25) is 0 Å². The number of pyridine rings is 1. The molecular weight excluding hydrogens is 210 g/mol. The van der Waals surface area contributed by atoms with Crippen LogP contribution in [0.1, 0.15) is 16.1 Å². The molecule has 0 aliphatic heterocycles. The lowest BCUT2D eigenvalue weighted by molar-refractivity contribution is 1.10. The van der Waals surface area contributed by atoms with Crippen LogP contribution < -0.4 is 0 Å². The Morgan fingerprint density at radius 2 is 2.21 bits per heavy atom. The van der Waals surface area contributed by atoms with Crippen LogP contribution in [-0.2, 0) is 6.42 Å². The molecule has 0 aromatic carbocycles. The van der Waals surface area contributed by atoms with Gasteiger partial charge in [0.25, 0.3) is 0 Å². The average molecular weight is 221 g/mol. The van der Waals surface area contributed by atoms with Gasteiger partial charge in [-0.25, -0.2) is 0 Å². The molecule has 72 valence electrons. The predicted molar refractivity (Wildman–Crippen MR) is 63.5 cm³/mol. The third-order valence-electron chi connectivity index (χ3n) is 2.08. The average Bonchev–Trinajstić information content (AvgIpc) is 2.62. The summed E-state index contributed by atoms with van der Waals surface area (Å²) in [5, 5.41) is 2.09. The smallest absolute Gasteiger partial charge is 0.107 e. The second kappa shape index (κ2) is 4.07. The summed E-state index contributed by atoms with van der Waals surface area (Å²) < 4.78 is 0.860. The molecule has 0 saturated carbocycles. The number of aromatic nitrogens is 1. The summed E-state index contributed by atoms with van der Waals surface area (Å²) in [5.41, 5.74) is 2.32. The molecule has 0 fully saturated rings. The first-order valence-electron chi connectivity index (χ1n) is 4.47. The summed E-state index contributed by atoms with van der Waals surface area (Å²) in [5.74, 6) is 0. The summed E-state index contributed by atoms with van der Waals surface area (Å²) >= 11 is 7.03. The lowest BCUT2D eigenvalue weighted by Crippen LogP contribution is -1.90. The van der Waals surface area contributed by atoms with E-state index in [9.17, 15) is 0 Å². The van der Waals surface area contributed by atoms with E-state index in [0.29, 0.717) is 0 Å². The number of aryl methyl sites for hydroxylation is 1. The van der Waals surface area contributed by atoms with E-state index in [4.69, 9.17) is 12.2 Å². The second-order valence-electron chi connectivity index (χ2n) is 3.25. The van der Waals surface area contributed by atoms with Crippen LogP contribution in [0.2, 0.25) is 0 Å². The van der Waals surface area contributed by atoms with Crippen molar-refractivity contribution in [2.24, 2.45) is 0 Å². The largest absolute Gasteiger partial charge is 0.350 e. The molecule has 0 aliphatic carbocycles. The maximum Gasteiger partial charge on any atom is 0.107 e. The highest BCUT2D eigenvalue weighted by Gasteiger charge is 1.99. The van der Waals surface area contributed by atoms with Gasteiger partial charge in [0.1, 0.15) is 4.64 Å².